The number of alkyl carbamates (subject to hydrolysis) is 1. The number of ether oxygens (including phenoxy) is 3. The molecular formula is C23H31FN4O12P2. The summed E-state index contributed by atoms with van der Waals surface area (Å²) in [6.07, 6.45) is -0.818. The Morgan fingerprint density at radius 3 is 2.36 bits per heavy atom. The summed E-state index contributed by atoms with van der Waals surface area (Å²) < 4.78 is 55.2. The van der Waals surface area contributed by atoms with Crippen LogP contribution in [0.1, 0.15) is 43.1 Å². The van der Waals surface area contributed by atoms with Crippen LogP contribution in [0.15, 0.2) is 17.1 Å². The first-order valence-electron chi connectivity index (χ1n) is 12.7. The zero-order valence-corrected chi connectivity index (χ0v) is 24.5. The molecule has 4 rings (SSSR count). The first kappa shape index (κ1) is 31.9. The maximum atomic E-state index is 15.6. The molecule has 6 N–H and O–H groups in total. The standard InChI is InChI=1S/C23H31FN4O12P2/c1-11-9-27(7-6-25-11)18-16(24)8-14-17(20(18)38-3)28(13-4-5-13)10-15(19(14)29)21(30)39-12(2)40-22(31)26-23(41(32,33)34)42(35,36)37/h8,10-13,23,25H,4-7,9H2,1-3H3,(H,26,31)(H2,32,33,34)(H2,35,36,37). The van der Waals surface area contributed by atoms with Crippen LogP contribution in [0, 0.1) is 5.82 Å². The van der Waals surface area contributed by atoms with Crippen LogP contribution in [0.2, 0.25) is 0 Å². The molecule has 2 unspecified atom stereocenters. The summed E-state index contributed by atoms with van der Waals surface area (Å²) in [7, 11) is -9.66. The van der Waals surface area contributed by atoms with Crippen molar-refractivity contribution >= 4 is 43.8 Å². The Labute approximate surface area is 238 Å². The Hall–Kier alpha value is -3.04. The highest BCUT2D eigenvalue weighted by molar-refractivity contribution is 7.70. The number of carbonyl (C=O) groups is 2. The van der Waals surface area contributed by atoms with Crippen molar-refractivity contribution in [3.8, 4) is 5.75 Å². The lowest BCUT2D eigenvalue weighted by Gasteiger charge is -2.35. The SMILES string of the molecule is COc1c(N2CCNC(C)C2)c(F)cc2c(=O)c(C(=O)OC(C)OC(=O)NC(P(=O)(O)O)P(=O)(O)O)cn(C3CC3)c12. The van der Waals surface area contributed by atoms with Crippen molar-refractivity contribution in [2.24, 2.45) is 0 Å². The Morgan fingerprint density at radius 2 is 1.81 bits per heavy atom. The van der Waals surface area contributed by atoms with Gasteiger partial charge in [0.05, 0.1) is 18.0 Å². The van der Waals surface area contributed by atoms with Gasteiger partial charge in [-0.05, 0) is 25.8 Å². The highest BCUT2D eigenvalue weighted by Gasteiger charge is 2.45. The fraction of sp³-hybridized carbons (Fsp3) is 0.522. The molecule has 19 heteroatoms. The van der Waals surface area contributed by atoms with Crippen LogP contribution in [0.25, 0.3) is 10.9 Å². The van der Waals surface area contributed by atoms with Crippen molar-refractivity contribution in [1.29, 1.82) is 0 Å². The molecule has 2 aromatic rings. The minimum atomic E-state index is -5.51. The van der Waals surface area contributed by atoms with E-state index in [4.69, 9.17) is 29.0 Å². The van der Waals surface area contributed by atoms with E-state index in [2.05, 4.69) is 10.1 Å². The van der Waals surface area contributed by atoms with Crippen molar-refractivity contribution in [3.05, 3.63) is 33.9 Å². The zero-order chi connectivity index (χ0) is 31.1. The van der Waals surface area contributed by atoms with Crippen LogP contribution >= 0.6 is 15.2 Å². The summed E-state index contributed by atoms with van der Waals surface area (Å²) in [6.45, 7) is 4.57. The summed E-state index contributed by atoms with van der Waals surface area (Å²) in [4.78, 5) is 76.8. The molecule has 1 aliphatic carbocycles. The number of piperazine rings is 1. The van der Waals surface area contributed by atoms with Crippen LogP contribution in [0.3, 0.4) is 0 Å². The third kappa shape index (κ3) is 6.78. The molecule has 16 nitrogen and oxygen atoms in total. The van der Waals surface area contributed by atoms with Gasteiger partial charge in [-0.15, -0.1) is 0 Å². The average Bonchev–Trinajstić information content (AvgIpc) is 3.71. The number of fused-ring (bicyclic) bond motifs is 1. The van der Waals surface area contributed by atoms with E-state index in [1.54, 1.807) is 4.57 Å². The number of hydrogen-bond acceptors (Lipinski definition) is 10. The van der Waals surface area contributed by atoms with Gasteiger partial charge in [0.2, 0.25) is 17.2 Å². The van der Waals surface area contributed by atoms with Crippen LogP contribution in [-0.4, -0.2) is 80.8 Å². The molecule has 2 fully saturated rings. The molecule has 1 aliphatic heterocycles. The van der Waals surface area contributed by atoms with Crippen LogP contribution in [0.5, 0.6) is 5.75 Å². The number of esters is 1. The monoisotopic (exact) mass is 636 g/mol. The molecule has 1 aromatic heterocycles. The maximum absolute atomic E-state index is 15.6. The quantitative estimate of drug-likeness (QED) is 0.129. The van der Waals surface area contributed by atoms with Gasteiger partial charge in [0, 0.05) is 44.8 Å². The van der Waals surface area contributed by atoms with Gasteiger partial charge in [0.1, 0.15) is 11.3 Å². The second-order valence-electron chi connectivity index (χ2n) is 10.0. The van der Waals surface area contributed by atoms with E-state index < -0.39 is 55.9 Å². The zero-order valence-electron chi connectivity index (χ0n) is 22.7. The van der Waals surface area contributed by atoms with Gasteiger partial charge in [0.25, 0.3) is 0 Å². The Morgan fingerprint density at radius 1 is 1.17 bits per heavy atom. The van der Waals surface area contributed by atoms with Gasteiger partial charge >= 0.3 is 27.3 Å². The number of aromatic nitrogens is 1. The van der Waals surface area contributed by atoms with E-state index in [0.717, 1.165) is 13.0 Å². The lowest BCUT2D eigenvalue weighted by Crippen LogP contribution is -2.49. The minimum absolute atomic E-state index is 0.0760. The number of hydrogen-bond donors (Lipinski definition) is 6. The first-order valence-corrected chi connectivity index (χ1v) is 16.1. The summed E-state index contributed by atoms with van der Waals surface area (Å²) >= 11 is 0. The second kappa shape index (κ2) is 11.9. The molecule has 1 amide bonds. The number of pyridine rings is 1. The third-order valence-corrected chi connectivity index (χ3v) is 10.0. The van der Waals surface area contributed by atoms with Gasteiger partial charge < -0.3 is 48.6 Å². The van der Waals surface area contributed by atoms with E-state index in [-0.39, 0.29) is 28.9 Å². The Bertz CT molecular complexity index is 1530. The molecule has 1 saturated heterocycles. The van der Waals surface area contributed by atoms with E-state index in [1.807, 2.05) is 11.8 Å². The number of halogens is 1. The second-order valence-corrected chi connectivity index (χ2v) is 13.8. The molecule has 0 bridgehead atoms. The number of nitrogens with zero attached hydrogens (tertiary/aromatic N) is 2. The number of methoxy groups -OCH3 is 1. The molecule has 42 heavy (non-hydrogen) atoms. The van der Waals surface area contributed by atoms with E-state index in [1.165, 1.54) is 18.6 Å². The molecule has 232 valence electrons. The van der Waals surface area contributed by atoms with Crippen LogP contribution < -0.4 is 25.7 Å². The van der Waals surface area contributed by atoms with Gasteiger partial charge in [-0.2, -0.15) is 0 Å². The topological polar surface area (TPSA) is 226 Å². The number of rotatable bonds is 9. The van der Waals surface area contributed by atoms with Gasteiger partial charge in [-0.3, -0.25) is 19.2 Å². The van der Waals surface area contributed by atoms with Crippen molar-refractivity contribution < 1.29 is 56.9 Å². The van der Waals surface area contributed by atoms with E-state index in [9.17, 15) is 23.5 Å². The predicted molar refractivity (Wildman–Crippen MR) is 145 cm³/mol. The fourth-order valence-corrected chi connectivity index (χ4v) is 6.86. The number of carbonyl (C=O) groups excluding carboxylic acids is 2. The van der Waals surface area contributed by atoms with Crippen LogP contribution in [-0.2, 0) is 18.6 Å². The largest absolute Gasteiger partial charge is 0.492 e. The first-order chi connectivity index (χ1) is 19.5. The summed E-state index contributed by atoms with van der Waals surface area (Å²) in [5.41, 5.74) is -3.80. The minimum Gasteiger partial charge on any atom is -0.492 e. The lowest BCUT2D eigenvalue weighted by atomic mass is 10.1. The van der Waals surface area contributed by atoms with Crippen molar-refractivity contribution in [2.75, 3.05) is 31.6 Å². The Balaban J connectivity index is 1.64. The molecule has 2 atom stereocenters. The molecule has 0 spiro atoms. The Kier molecular flexibility index (Phi) is 9.05. The summed E-state index contributed by atoms with van der Waals surface area (Å²) in [5, 5.41) is 4.49. The normalized spacial score (nSPS) is 18.6. The van der Waals surface area contributed by atoms with Crippen molar-refractivity contribution in [2.45, 2.75) is 50.6 Å². The van der Waals surface area contributed by atoms with E-state index in [0.29, 0.717) is 38.0 Å². The van der Waals surface area contributed by atoms with Crippen molar-refractivity contribution in [1.82, 2.24) is 15.2 Å². The molecule has 0 radical (unpaired) electrons. The van der Waals surface area contributed by atoms with Crippen molar-refractivity contribution in [3.63, 3.8) is 0 Å². The lowest BCUT2D eigenvalue weighted by molar-refractivity contribution is -0.0603. The highest BCUT2D eigenvalue weighted by Crippen LogP contribution is 2.58. The van der Waals surface area contributed by atoms with Gasteiger partial charge in [0.15, 0.2) is 11.6 Å². The van der Waals surface area contributed by atoms with Crippen LogP contribution in [0.4, 0.5) is 14.9 Å². The smallest absolute Gasteiger partial charge is 0.411 e. The third-order valence-electron chi connectivity index (χ3n) is 6.68. The van der Waals surface area contributed by atoms with Gasteiger partial charge in [-0.25, -0.2) is 14.0 Å². The fourth-order valence-electron chi connectivity index (χ4n) is 4.75. The number of benzene rings is 1. The number of nitrogens with one attached hydrogen (secondary N) is 2. The van der Waals surface area contributed by atoms with Gasteiger partial charge in [-0.1, -0.05) is 0 Å². The molecule has 1 aromatic carbocycles. The molecule has 1 saturated carbocycles. The molecular weight excluding hydrogens is 605 g/mol. The summed E-state index contributed by atoms with van der Waals surface area (Å²) in [5.74, 6) is -1.85. The number of anilines is 1. The molecule has 2 heterocycles. The van der Waals surface area contributed by atoms with E-state index >= 15 is 4.39 Å². The predicted octanol–water partition coefficient (Wildman–Crippen LogP) is 1.15. The summed E-state index contributed by atoms with van der Waals surface area (Å²) in [6, 6.07) is 0.993. The molecule has 2 aliphatic rings. The number of amides is 1. The highest BCUT2D eigenvalue weighted by atomic mass is 31.2. The average molecular weight is 636 g/mol. The maximum Gasteiger partial charge on any atom is 0.411 e.